The summed E-state index contributed by atoms with van der Waals surface area (Å²) in [4.78, 5) is 38.8. The van der Waals surface area contributed by atoms with Gasteiger partial charge in [0.1, 0.15) is 11.7 Å². The van der Waals surface area contributed by atoms with Crippen LogP contribution >= 0.6 is 0 Å². The number of amides is 1. The number of carboxylic acids is 1. The van der Waals surface area contributed by atoms with Crippen molar-refractivity contribution in [1.29, 1.82) is 0 Å². The van der Waals surface area contributed by atoms with Crippen LogP contribution in [-0.2, 0) is 4.79 Å². The zero-order valence-corrected chi connectivity index (χ0v) is 7.69. The Morgan fingerprint density at radius 2 is 2.27 bits per heavy atom. The van der Waals surface area contributed by atoms with Gasteiger partial charge in [0.15, 0.2) is 0 Å². The third-order valence-corrected chi connectivity index (χ3v) is 2.39. The molecule has 7 heteroatoms. The lowest BCUT2D eigenvalue weighted by Crippen LogP contribution is -2.55. The van der Waals surface area contributed by atoms with Gasteiger partial charge in [0.2, 0.25) is 0 Å². The number of hydrogen-bond donors (Lipinski definition) is 3. The van der Waals surface area contributed by atoms with Crippen LogP contribution in [0.1, 0.15) is 16.9 Å². The van der Waals surface area contributed by atoms with Crippen molar-refractivity contribution in [2.24, 2.45) is 0 Å². The lowest BCUT2D eigenvalue weighted by Gasteiger charge is -2.37. The summed E-state index contributed by atoms with van der Waals surface area (Å²) >= 11 is 0. The van der Waals surface area contributed by atoms with Crippen molar-refractivity contribution in [1.82, 2.24) is 14.9 Å². The van der Waals surface area contributed by atoms with Crippen molar-refractivity contribution in [3.63, 3.8) is 0 Å². The fourth-order valence-electron chi connectivity index (χ4n) is 1.49. The third-order valence-electron chi connectivity index (χ3n) is 2.39. The molecule has 15 heavy (non-hydrogen) atoms. The second kappa shape index (κ2) is 3.26. The van der Waals surface area contributed by atoms with Crippen molar-refractivity contribution in [2.45, 2.75) is 12.5 Å². The third kappa shape index (κ3) is 1.51. The summed E-state index contributed by atoms with van der Waals surface area (Å²) in [5, 5.41) is 8.73. The first-order valence-electron chi connectivity index (χ1n) is 4.41. The summed E-state index contributed by atoms with van der Waals surface area (Å²) in [5.74, 6) is -1.49. The number of carbonyl (C=O) groups is 2. The van der Waals surface area contributed by atoms with E-state index in [1.807, 2.05) is 0 Å². The smallest absolute Gasteiger partial charge is 0.326 e. The SMILES string of the molecule is O=C(O)C1CCN1C(=O)c1c[nH]c(=O)[nH]1. The number of imidazole rings is 1. The topological polar surface area (TPSA) is 106 Å². The molecule has 1 aromatic heterocycles. The summed E-state index contributed by atoms with van der Waals surface area (Å²) < 4.78 is 0. The van der Waals surface area contributed by atoms with Crippen molar-refractivity contribution in [3.8, 4) is 0 Å². The van der Waals surface area contributed by atoms with E-state index in [1.54, 1.807) is 0 Å². The Morgan fingerprint density at radius 3 is 2.67 bits per heavy atom. The minimum absolute atomic E-state index is 0.0888. The average molecular weight is 211 g/mol. The number of hydrogen-bond acceptors (Lipinski definition) is 3. The standard InChI is InChI=1S/C8H9N3O4/c12-6(4-3-9-8(15)10-4)11-2-1-5(11)7(13)14/h3,5H,1-2H2,(H,13,14)(H2,9,10,15). The van der Waals surface area contributed by atoms with E-state index in [9.17, 15) is 14.4 Å². The maximum Gasteiger partial charge on any atom is 0.326 e. The van der Waals surface area contributed by atoms with Crippen LogP contribution in [0.25, 0.3) is 0 Å². The Balaban J connectivity index is 2.16. The molecule has 1 saturated heterocycles. The van der Waals surface area contributed by atoms with Crippen LogP contribution < -0.4 is 5.69 Å². The molecule has 0 saturated carbocycles. The van der Waals surface area contributed by atoms with Crippen LogP contribution in [0.4, 0.5) is 0 Å². The zero-order chi connectivity index (χ0) is 11.0. The number of H-pyrrole nitrogens is 2. The largest absolute Gasteiger partial charge is 0.480 e. The van der Waals surface area contributed by atoms with E-state index in [4.69, 9.17) is 5.11 Å². The first-order valence-corrected chi connectivity index (χ1v) is 4.41. The van der Waals surface area contributed by atoms with Crippen LogP contribution in [-0.4, -0.2) is 44.4 Å². The van der Waals surface area contributed by atoms with Crippen molar-refractivity contribution < 1.29 is 14.7 Å². The van der Waals surface area contributed by atoms with Crippen LogP contribution in [0.5, 0.6) is 0 Å². The van der Waals surface area contributed by atoms with Gasteiger partial charge in [-0.25, -0.2) is 9.59 Å². The number of nitrogens with one attached hydrogen (secondary N) is 2. The minimum Gasteiger partial charge on any atom is -0.480 e. The Morgan fingerprint density at radius 1 is 1.53 bits per heavy atom. The summed E-state index contributed by atoms with van der Waals surface area (Å²) in [7, 11) is 0. The molecule has 0 aromatic carbocycles. The van der Waals surface area contributed by atoms with E-state index >= 15 is 0 Å². The maximum absolute atomic E-state index is 11.6. The molecule has 1 fully saturated rings. The molecule has 1 aliphatic rings. The molecule has 2 heterocycles. The first-order chi connectivity index (χ1) is 7.09. The molecule has 0 radical (unpaired) electrons. The Kier molecular flexibility index (Phi) is 2.07. The van der Waals surface area contributed by atoms with Crippen LogP contribution in [0.3, 0.4) is 0 Å². The first kappa shape index (κ1) is 9.50. The van der Waals surface area contributed by atoms with Gasteiger partial charge < -0.3 is 20.0 Å². The summed E-state index contributed by atoms with van der Waals surface area (Å²) in [6.07, 6.45) is 1.69. The molecule has 7 nitrogen and oxygen atoms in total. The highest BCUT2D eigenvalue weighted by molar-refractivity contribution is 5.95. The molecule has 1 atom stereocenters. The van der Waals surface area contributed by atoms with Gasteiger partial charge in [-0.15, -0.1) is 0 Å². The van der Waals surface area contributed by atoms with E-state index < -0.39 is 23.6 Å². The molecule has 2 rings (SSSR count). The van der Waals surface area contributed by atoms with E-state index in [1.165, 1.54) is 11.1 Å². The number of carbonyl (C=O) groups excluding carboxylic acids is 1. The molecular formula is C8H9N3O4. The fraction of sp³-hybridized carbons (Fsp3) is 0.375. The monoisotopic (exact) mass is 211 g/mol. The molecule has 1 aromatic rings. The van der Waals surface area contributed by atoms with Gasteiger partial charge in [0, 0.05) is 12.7 Å². The Labute approximate surface area is 83.7 Å². The summed E-state index contributed by atoms with van der Waals surface area (Å²) in [6, 6.07) is -0.768. The second-order valence-corrected chi connectivity index (χ2v) is 3.30. The number of aromatic amines is 2. The van der Waals surface area contributed by atoms with Crippen molar-refractivity contribution >= 4 is 11.9 Å². The number of aromatic nitrogens is 2. The average Bonchev–Trinajstić information content (AvgIpc) is 2.48. The molecule has 0 aliphatic carbocycles. The number of carboxylic acid groups (broad SMARTS) is 1. The summed E-state index contributed by atoms with van der Waals surface area (Å²) in [5.41, 5.74) is -0.392. The quantitative estimate of drug-likeness (QED) is 0.583. The van der Waals surface area contributed by atoms with Gasteiger partial charge in [-0.2, -0.15) is 0 Å². The van der Waals surface area contributed by atoms with Gasteiger partial charge in [0.05, 0.1) is 0 Å². The number of rotatable bonds is 2. The van der Waals surface area contributed by atoms with Gasteiger partial charge in [-0.3, -0.25) is 4.79 Å². The lowest BCUT2D eigenvalue weighted by atomic mass is 10.0. The van der Waals surface area contributed by atoms with Gasteiger partial charge in [-0.1, -0.05) is 0 Å². The minimum atomic E-state index is -1.02. The number of aliphatic carboxylic acids is 1. The maximum atomic E-state index is 11.6. The molecule has 1 aliphatic heterocycles. The van der Waals surface area contributed by atoms with Crippen LogP contribution in [0.15, 0.2) is 11.0 Å². The Hall–Kier alpha value is -2.05. The van der Waals surface area contributed by atoms with Crippen molar-refractivity contribution in [2.75, 3.05) is 6.54 Å². The molecule has 0 spiro atoms. The van der Waals surface area contributed by atoms with E-state index in [0.29, 0.717) is 13.0 Å². The molecule has 80 valence electrons. The van der Waals surface area contributed by atoms with Crippen LogP contribution in [0.2, 0.25) is 0 Å². The van der Waals surface area contributed by atoms with Crippen molar-refractivity contribution in [3.05, 3.63) is 22.4 Å². The predicted molar refractivity (Wildman–Crippen MR) is 48.5 cm³/mol. The predicted octanol–water partition coefficient (Wildman–Crippen LogP) is -0.998. The number of likely N-dealkylation sites (tertiary alicyclic amines) is 1. The molecule has 3 N–H and O–H groups in total. The molecule has 1 amide bonds. The second-order valence-electron chi connectivity index (χ2n) is 3.30. The number of nitrogens with zero attached hydrogens (tertiary/aromatic N) is 1. The van der Waals surface area contributed by atoms with Gasteiger partial charge in [0.25, 0.3) is 5.91 Å². The lowest BCUT2D eigenvalue weighted by molar-refractivity contribution is -0.146. The highest BCUT2D eigenvalue weighted by Gasteiger charge is 2.38. The van der Waals surface area contributed by atoms with Crippen LogP contribution in [0, 0.1) is 0 Å². The molecule has 1 unspecified atom stereocenters. The highest BCUT2D eigenvalue weighted by Crippen LogP contribution is 2.19. The zero-order valence-electron chi connectivity index (χ0n) is 7.69. The van der Waals surface area contributed by atoms with Gasteiger partial charge in [-0.05, 0) is 6.42 Å². The molecular weight excluding hydrogens is 202 g/mol. The fourth-order valence-corrected chi connectivity index (χ4v) is 1.49. The van der Waals surface area contributed by atoms with E-state index in [2.05, 4.69) is 9.97 Å². The molecule has 0 bridgehead atoms. The highest BCUT2D eigenvalue weighted by atomic mass is 16.4. The normalized spacial score (nSPS) is 19.7. The Bertz CT molecular complexity index is 460. The summed E-state index contributed by atoms with van der Waals surface area (Å²) in [6.45, 7) is 0.406. The van der Waals surface area contributed by atoms with E-state index in [0.717, 1.165) is 0 Å². The van der Waals surface area contributed by atoms with Gasteiger partial charge >= 0.3 is 11.7 Å². The van der Waals surface area contributed by atoms with E-state index in [-0.39, 0.29) is 5.69 Å².